The number of nitrogens with zero attached hydrogens (tertiary/aromatic N) is 1. The Balaban J connectivity index is 1.33. The molecule has 136 valence electrons. The molecule has 0 spiro atoms. The van der Waals surface area contributed by atoms with Gasteiger partial charge in [0.15, 0.2) is 0 Å². The molecule has 2 heterocycles. The van der Waals surface area contributed by atoms with Crippen LogP contribution in [0.2, 0.25) is 0 Å². The molecule has 2 aliphatic heterocycles. The van der Waals surface area contributed by atoms with E-state index in [1.165, 1.54) is 18.4 Å². The summed E-state index contributed by atoms with van der Waals surface area (Å²) in [4.78, 5) is 14.9. The number of rotatable bonds is 5. The number of carbonyl (C=O) groups is 1. The number of hydrogen-bond acceptors (Lipinski definition) is 4. The van der Waals surface area contributed by atoms with Crippen LogP contribution in [0.4, 0.5) is 0 Å². The van der Waals surface area contributed by atoms with Gasteiger partial charge in [0, 0.05) is 31.5 Å². The summed E-state index contributed by atoms with van der Waals surface area (Å²) in [6.07, 6.45) is 5.19. The quantitative estimate of drug-likeness (QED) is 0.833. The monoisotopic (exact) mass is 351 g/mol. The van der Waals surface area contributed by atoms with E-state index in [9.17, 15) is 9.90 Å². The van der Waals surface area contributed by atoms with Crippen molar-refractivity contribution in [2.45, 2.75) is 50.3 Å². The van der Waals surface area contributed by atoms with Crippen molar-refractivity contribution in [3.05, 3.63) is 65.7 Å². The minimum absolute atomic E-state index is 0.0252. The maximum atomic E-state index is 12.3. The maximum Gasteiger partial charge on any atom is 0.338 e. The molecule has 4 heteroatoms. The van der Waals surface area contributed by atoms with Gasteiger partial charge in [-0.3, -0.25) is 4.90 Å². The van der Waals surface area contributed by atoms with Crippen LogP contribution in [0.1, 0.15) is 41.6 Å². The van der Waals surface area contributed by atoms with Crippen molar-refractivity contribution in [1.29, 1.82) is 0 Å². The summed E-state index contributed by atoms with van der Waals surface area (Å²) < 4.78 is 5.79. The van der Waals surface area contributed by atoms with E-state index in [0.29, 0.717) is 23.4 Å². The highest BCUT2D eigenvalue weighted by atomic mass is 16.5. The van der Waals surface area contributed by atoms with Crippen LogP contribution in [0.25, 0.3) is 0 Å². The summed E-state index contributed by atoms with van der Waals surface area (Å²) in [5.74, 6) is 0.125. The normalized spacial score (nSPS) is 25.2. The van der Waals surface area contributed by atoms with E-state index in [0.717, 1.165) is 25.8 Å². The predicted molar refractivity (Wildman–Crippen MR) is 100 cm³/mol. The minimum atomic E-state index is -0.205. The smallest absolute Gasteiger partial charge is 0.338 e. The minimum Gasteiger partial charge on any atom is -0.508 e. The molecule has 2 bridgehead atoms. The zero-order valence-electron chi connectivity index (χ0n) is 14.9. The molecule has 1 unspecified atom stereocenters. The molecular formula is C22H25NO3. The Morgan fingerprint density at radius 3 is 2.46 bits per heavy atom. The van der Waals surface area contributed by atoms with Crippen molar-refractivity contribution in [3.8, 4) is 5.75 Å². The average molecular weight is 351 g/mol. The first-order valence-corrected chi connectivity index (χ1v) is 9.49. The molecule has 0 saturated carbocycles. The summed E-state index contributed by atoms with van der Waals surface area (Å²) in [6, 6.07) is 17.8. The summed E-state index contributed by atoms with van der Waals surface area (Å²) in [5, 5.41) is 9.62. The number of benzene rings is 2. The van der Waals surface area contributed by atoms with Gasteiger partial charge in [-0.25, -0.2) is 4.79 Å². The van der Waals surface area contributed by atoms with E-state index in [4.69, 9.17) is 4.74 Å². The molecule has 2 aromatic rings. The molecule has 26 heavy (non-hydrogen) atoms. The van der Waals surface area contributed by atoms with Gasteiger partial charge in [-0.05, 0) is 49.1 Å². The van der Waals surface area contributed by atoms with Gasteiger partial charge in [0.25, 0.3) is 0 Å². The second kappa shape index (κ2) is 7.50. The molecule has 2 aromatic carbocycles. The number of hydrogen-bond donors (Lipinski definition) is 1. The average Bonchev–Trinajstić information content (AvgIpc) is 2.89. The van der Waals surface area contributed by atoms with Gasteiger partial charge in [-0.2, -0.15) is 0 Å². The third-order valence-electron chi connectivity index (χ3n) is 5.69. The van der Waals surface area contributed by atoms with Gasteiger partial charge in [-0.15, -0.1) is 0 Å². The number of carbonyl (C=O) groups excluding carboxylic acids is 1. The predicted octanol–water partition coefficient (Wildman–Crippen LogP) is 3.79. The molecular weight excluding hydrogens is 326 g/mol. The number of ether oxygens (including phenoxy) is 1. The summed E-state index contributed by atoms with van der Waals surface area (Å²) in [5.41, 5.74) is 1.80. The van der Waals surface area contributed by atoms with E-state index in [1.807, 2.05) is 30.3 Å². The van der Waals surface area contributed by atoms with Crippen LogP contribution < -0.4 is 0 Å². The highest BCUT2D eigenvalue weighted by Gasteiger charge is 2.41. The van der Waals surface area contributed by atoms with E-state index in [2.05, 4.69) is 11.0 Å². The fourth-order valence-electron chi connectivity index (χ4n) is 4.45. The molecule has 2 saturated heterocycles. The highest BCUT2D eigenvalue weighted by molar-refractivity contribution is 5.89. The Hall–Kier alpha value is -2.33. The standard InChI is InChI=1S/C22H25NO3/c24-20-8-4-5-16(13-20)11-12-23-18-9-10-19(23)15-21(14-18)26-22(25)17-6-2-1-3-7-17/h1-8,13,18-19,21,24H,9-12,14-15H2/t18-,19+,21?. The van der Waals surface area contributed by atoms with Crippen molar-refractivity contribution in [3.63, 3.8) is 0 Å². The van der Waals surface area contributed by atoms with E-state index in [1.54, 1.807) is 18.2 Å². The fraction of sp³-hybridized carbons (Fsp3) is 0.409. The Morgan fingerprint density at radius 2 is 1.77 bits per heavy atom. The van der Waals surface area contributed by atoms with Crippen LogP contribution in [-0.4, -0.2) is 40.7 Å². The molecule has 2 fully saturated rings. The molecule has 0 aromatic heterocycles. The zero-order chi connectivity index (χ0) is 17.9. The van der Waals surface area contributed by atoms with Gasteiger partial charge in [0.05, 0.1) is 5.56 Å². The summed E-state index contributed by atoms with van der Waals surface area (Å²) >= 11 is 0. The molecule has 0 aliphatic carbocycles. The van der Waals surface area contributed by atoms with Crippen molar-refractivity contribution in [2.75, 3.05) is 6.54 Å². The lowest BCUT2D eigenvalue weighted by Crippen LogP contribution is -2.46. The molecule has 1 N–H and O–H groups in total. The van der Waals surface area contributed by atoms with Gasteiger partial charge in [0.1, 0.15) is 11.9 Å². The van der Waals surface area contributed by atoms with Gasteiger partial charge in [0.2, 0.25) is 0 Å². The van der Waals surface area contributed by atoms with Crippen LogP contribution in [0.5, 0.6) is 5.75 Å². The number of phenolic OH excluding ortho intramolecular Hbond substituents is 1. The largest absolute Gasteiger partial charge is 0.508 e. The highest BCUT2D eigenvalue weighted by Crippen LogP contribution is 2.37. The Bertz CT molecular complexity index is 747. The van der Waals surface area contributed by atoms with Crippen LogP contribution in [-0.2, 0) is 11.2 Å². The SMILES string of the molecule is O=C(OC1C[C@H]2CC[C@@H](C1)N2CCc1cccc(O)c1)c1ccccc1. The molecule has 0 radical (unpaired) electrons. The molecule has 0 amide bonds. The number of esters is 1. The lowest BCUT2D eigenvalue weighted by molar-refractivity contribution is -0.00573. The third kappa shape index (κ3) is 3.75. The number of phenols is 1. The number of piperidine rings is 1. The first-order chi connectivity index (χ1) is 12.7. The lowest BCUT2D eigenvalue weighted by Gasteiger charge is -2.38. The van der Waals surface area contributed by atoms with Gasteiger partial charge in [-0.1, -0.05) is 30.3 Å². The Kier molecular flexibility index (Phi) is 4.93. The summed E-state index contributed by atoms with van der Waals surface area (Å²) in [7, 11) is 0. The van der Waals surface area contributed by atoms with Gasteiger partial charge < -0.3 is 9.84 Å². The van der Waals surface area contributed by atoms with E-state index >= 15 is 0 Å². The molecule has 4 nitrogen and oxygen atoms in total. The maximum absolute atomic E-state index is 12.3. The van der Waals surface area contributed by atoms with Crippen molar-refractivity contribution in [1.82, 2.24) is 4.90 Å². The molecule has 4 rings (SSSR count). The van der Waals surface area contributed by atoms with Crippen LogP contribution in [0.15, 0.2) is 54.6 Å². The Morgan fingerprint density at radius 1 is 1.04 bits per heavy atom. The summed E-state index contributed by atoms with van der Waals surface area (Å²) in [6.45, 7) is 0.998. The zero-order valence-corrected chi connectivity index (χ0v) is 14.9. The van der Waals surface area contributed by atoms with Crippen molar-refractivity contribution in [2.24, 2.45) is 0 Å². The van der Waals surface area contributed by atoms with Crippen LogP contribution >= 0.6 is 0 Å². The first kappa shape index (κ1) is 17.1. The number of fused-ring (bicyclic) bond motifs is 2. The number of aromatic hydroxyl groups is 1. The van der Waals surface area contributed by atoms with Crippen LogP contribution in [0, 0.1) is 0 Å². The van der Waals surface area contributed by atoms with Crippen molar-refractivity contribution < 1.29 is 14.6 Å². The topological polar surface area (TPSA) is 49.8 Å². The van der Waals surface area contributed by atoms with E-state index < -0.39 is 0 Å². The third-order valence-corrected chi connectivity index (χ3v) is 5.69. The van der Waals surface area contributed by atoms with Crippen LogP contribution in [0.3, 0.4) is 0 Å². The Labute approximate surface area is 154 Å². The lowest BCUT2D eigenvalue weighted by atomic mass is 9.98. The first-order valence-electron chi connectivity index (χ1n) is 9.49. The van der Waals surface area contributed by atoms with E-state index in [-0.39, 0.29) is 12.1 Å². The molecule has 2 aliphatic rings. The van der Waals surface area contributed by atoms with Crippen molar-refractivity contribution >= 4 is 5.97 Å². The fourth-order valence-corrected chi connectivity index (χ4v) is 4.45. The van der Waals surface area contributed by atoms with Gasteiger partial charge >= 0.3 is 5.97 Å². The second-order valence-electron chi connectivity index (χ2n) is 7.41. The molecule has 3 atom stereocenters. The second-order valence-corrected chi connectivity index (χ2v) is 7.41.